The van der Waals surface area contributed by atoms with Crippen LogP contribution in [0, 0.1) is 5.41 Å². The fourth-order valence-corrected chi connectivity index (χ4v) is 5.22. The van der Waals surface area contributed by atoms with Crippen LogP contribution in [0.1, 0.15) is 21.9 Å². The molecular formula is C24H26BrN5S. The summed E-state index contributed by atoms with van der Waals surface area (Å²) in [6.07, 6.45) is 1.88. The third-order valence-electron chi connectivity index (χ3n) is 5.46. The number of rotatable bonds is 6. The molecule has 0 amide bonds. The molecule has 160 valence electrons. The maximum Gasteiger partial charge on any atom is 0.188 e. The Morgan fingerprint density at radius 2 is 1.65 bits per heavy atom. The van der Waals surface area contributed by atoms with E-state index in [1.165, 1.54) is 16.7 Å². The summed E-state index contributed by atoms with van der Waals surface area (Å²) < 4.78 is 1.08. The molecule has 1 aromatic heterocycles. The molecule has 7 heteroatoms. The number of guanidine groups is 1. The van der Waals surface area contributed by atoms with Gasteiger partial charge in [0.15, 0.2) is 5.96 Å². The van der Waals surface area contributed by atoms with Crippen molar-refractivity contribution in [2.45, 2.75) is 16.8 Å². The molecule has 2 aromatic carbocycles. The molecule has 4 rings (SSSR count). The zero-order valence-corrected chi connectivity index (χ0v) is 19.6. The Morgan fingerprint density at radius 1 is 0.968 bits per heavy atom. The molecule has 0 saturated carbocycles. The van der Waals surface area contributed by atoms with E-state index in [9.17, 15) is 0 Å². The van der Waals surface area contributed by atoms with Crippen molar-refractivity contribution in [1.29, 1.82) is 5.41 Å². The SMILES string of the molecule is N=C(N)N1CCN(Cc2cccnc2SC(c2ccccc2)c2ccc(Br)cc2)CC1. The van der Waals surface area contributed by atoms with Gasteiger partial charge in [0.2, 0.25) is 0 Å². The first-order chi connectivity index (χ1) is 15.1. The minimum Gasteiger partial charge on any atom is -0.370 e. The number of nitrogens with two attached hydrogens (primary N) is 1. The highest BCUT2D eigenvalue weighted by molar-refractivity contribution is 9.10. The largest absolute Gasteiger partial charge is 0.370 e. The summed E-state index contributed by atoms with van der Waals surface area (Å²) in [5, 5.41) is 8.86. The summed E-state index contributed by atoms with van der Waals surface area (Å²) in [5.41, 5.74) is 9.40. The van der Waals surface area contributed by atoms with E-state index in [0.717, 1.165) is 42.2 Å². The van der Waals surface area contributed by atoms with Crippen molar-refractivity contribution in [1.82, 2.24) is 14.8 Å². The van der Waals surface area contributed by atoms with Gasteiger partial charge in [-0.3, -0.25) is 10.3 Å². The van der Waals surface area contributed by atoms with E-state index in [2.05, 4.69) is 81.5 Å². The molecule has 3 aromatic rings. The first-order valence-corrected chi connectivity index (χ1v) is 12.0. The van der Waals surface area contributed by atoms with Crippen LogP contribution in [0.15, 0.2) is 82.4 Å². The monoisotopic (exact) mass is 495 g/mol. The molecule has 1 aliphatic heterocycles. The van der Waals surface area contributed by atoms with E-state index in [1.807, 2.05) is 17.2 Å². The van der Waals surface area contributed by atoms with Gasteiger partial charge < -0.3 is 10.6 Å². The molecular weight excluding hydrogens is 470 g/mol. The zero-order valence-electron chi connectivity index (χ0n) is 17.2. The Balaban J connectivity index is 1.55. The van der Waals surface area contributed by atoms with Crippen LogP contribution in [0.4, 0.5) is 0 Å². The third kappa shape index (κ3) is 5.67. The second-order valence-electron chi connectivity index (χ2n) is 7.58. The van der Waals surface area contributed by atoms with Crippen LogP contribution in [0.2, 0.25) is 0 Å². The van der Waals surface area contributed by atoms with E-state index in [4.69, 9.17) is 16.1 Å². The Bertz CT molecular complexity index is 1000. The lowest BCUT2D eigenvalue weighted by atomic mass is 10.0. The van der Waals surface area contributed by atoms with Crippen molar-refractivity contribution in [3.63, 3.8) is 0 Å². The topological polar surface area (TPSA) is 69.2 Å². The number of hydrogen-bond acceptors (Lipinski definition) is 4. The molecule has 1 atom stereocenters. The Labute approximate surface area is 196 Å². The average molecular weight is 496 g/mol. The molecule has 3 N–H and O–H groups in total. The second-order valence-corrected chi connectivity index (χ2v) is 9.59. The van der Waals surface area contributed by atoms with Crippen molar-refractivity contribution in [3.8, 4) is 0 Å². The number of hydrogen-bond donors (Lipinski definition) is 2. The zero-order chi connectivity index (χ0) is 21.6. The Kier molecular flexibility index (Phi) is 7.27. The molecule has 1 aliphatic rings. The fourth-order valence-electron chi connectivity index (χ4n) is 3.74. The lowest BCUT2D eigenvalue weighted by molar-refractivity contribution is 0.172. The molecule has 1 saturated heterocycles. The number of thioether (sulfide) groups is 1. The number of halogens is 1. The average Bonchev–Trinajstić information content (AvgIpc) is 2.80. The molecule has 31 heavy (non-hydrogen) atoms. The van der Waals surface area contributed by atoms with Gasteiger partial charge in [-0.05, 0) is 34.9 Å². The number of piperazine rings is 1. The minimum atomic E-state index is 0.164. The summed E-state index contributed by atoms with van der Waals surface area (Å²) >= 11 is 5.35. The lowest BCUT2D eigenvalue weighted by Crippen LogP contribution is -2.50. The van der Waals surface area contributed by atoms with E-state index in [1.54, 1.807) is 11.8 Å². The van der Waals surface area contributed by atoms with E-state index in [0.29, 0.717) is 0 Å². The van der Waals surface area contributed by atoms with Gasteiger partial charge in [-0.1, -0.05) is 76.2 Å². The van der Waals surface area contributed by atoms with Crippen molar-refractivity contribution < 1.29 is 0 Å². The second kappa shape index (κ2) is 10.3. The van der Waals surface area contributed by atoms with E-state index < -0.39 is 0 Å². The summed E-state index contributed by atoms with van der Waals surface area (Å²) in [6, 6.07) is 23.4. The van der Waals surface area contributed by atoms with E-state index >= 15 is 0 Å². The minimum absolute atomic E-state index is 0.164. The van der Waals surface area contributed by atoms with Crippen LogP contribution in [0.25, 0.3) is 0 Å². The predicted octanol–water partition coefficient (Wildman–Crippen LogP) is 4.74. The van der Waals surface area contributed by atoms with Gasteiger partial charge in [-0.2, -0.15) is 0 Å². The van der Waals surface area contributed by atoms with Gasteiger partial charge in [0.1, 0.15) is 5.03 Å². The van der Waals surface area contributed by atoms with Crippen LogP contribution in [-0.2, 0) is 6.54 Å². The highest BCUT2D eigenvalue weighted by atomic mass is 79.9. The van der Waals surface area contributed by atoms with Crippen LogP contribution in [-0.4, -0.2) is 46.9 Å². The number of benzene rings is 2. The Hall–Kier alpha value is -2.35. The van der Waals surface area contributed by atoms with Gasteiger partial charge in [-0.15, -0.1) is 0 Å². The van der Waals surface area contributed by atoms with Crippen molar-refractivity contribution in [2.75, 3.05) is 26.2 Å². The maximum atomic E-state index is 7.63. The predicted molar refractivity (Wildman–Crippen MR) is 131 cm³/mol. The van der Waals surface area contributed by atoms with Crippen LogP contribution in [0.3, 0.4) is 0 Å². The highest BCUT2D eigenvalue weighted by Gasteiger charge is 2.21. The first kappa shape index (κ1) is 21.9. The van der Waals surface area contributed by atoms with E-state index in [-0.39, 0.29) is 11.2 Å². The van der Waals surface area contributed by atoms with Gasteiger partial charge >= 0.3 is 0 Å². The Morgan fingerprint density at radius 3 is 2.32 bits per heavy atom. The summed E-state index contributed by atoms with van der Waals surface area (Å²) in [7, 11) is 0. The number of aromatic nitrogens is 1. The number of nitrogens with one attached hydrogen (secondary N) is 1. The molecule has 2 heterocycles. The smallest absolute Gasteiger partial charge is 0.188 e. The van der Waals surface area contributed by atoms with Crippen molar-refractivity contribution in [3.05, 3.63) is 94.1 Å². The molecule has 0 spiro atoms. The molecule has 0 bridgehead atoms. The quantitative estimate of drug-likeness (QED) is 0.293. The number of pyridine rings is 1. The van der Waals surface area contributed by atoms with Gasteiger partial charge in [0, 0.05) is 43.4 Å². The van der Waals surface area contributed by atoms with Crippen LogP contribution < -0.4 is 5.73 Å². The maximum absolute atomic E-state index is 7.63. The normalized spacial score (nSPS) is 15.6. The summed E-state index contributed by atoms with van der Waals surface area (Å²) in [6.45, 7) is 4.23. The first-order valence-electron chi connectivity index (χ1n) is 10.3. The summed E-state index contributed by atoms with van der Waals surface area (Å²) in [5.74, 6) is 0.164. The van der Waals surface area contributed by atoms with Gasteiger partial charge in [0.05, 0.1) is 5.25 Å². The molecule has 0 aliphatic carbocycles. The fraction of sp³-hybridized carbons (Fsp3) is 0.250. The molecule has 5 nitrogen and oxygen atoms in total. The van der Waals surface area contributed by atoms with Crippen molar-refractivity contribution >= 4 is 33.7 Å². The number of nitrogens with zero attached hydrogens (tertiary/aromatic N) is 3. The molecule has 1 fully saturated rings. The van der Waals surface area contributed by atoms with Gasteiger partial charge in [-0.25, -0.2) is 4.98 Å². The summed E-state index contributed by atoms with van der Waals surface area (Å²) in [4.78, 5) is 9.10. The van der Waals surface area contributed by atoms with Gasteiger partial charge in [0.25, 0.3) is 0 Å². The lowest BCUT2D eigenvalue weighted by Gasteiger charge is -2.35. The van der Waals surface area contributed by atoms with Crippen molar-refractivity contribution in [2.24, 2.45) is 5.73 Å². The highest BCUT2D eigenvalue weighted by Crippen LogP contribution is 2.41. The standard InChI is InChI=1S/C24H26BrN5S/c25-21-10-8-19(9-11-21)22(18-5-2-1-3-6-18)31-23-20(7-4-12-28-23)17-29-13-15-30(16-14-29)24(26)27/h1-12,22H,13-17H2,(H3,26,27). The third-order valence-corrected chi connectivity index (χ3v) is 7.36. The molecule has 1 unspecified atom stereocenters. The molecule has 0 radical (unpaired) electrons. The van der Waals surface area contributed by atoms with Crippen LogP contribution >= 0.6 is 27.7 Å². The van der Waals surface area contributed by atoms with Crippen LogP contribution in [0.5, 0.6) is 0 Å².